The number of amides is 2. The minimum atomic E-state index is -1.15. The number of rotatable bonds is 9. The van der Waals surface area contributed by atoms with E-state index in [0.717, 1.165) is 27.2 Å². The zero-order chi connectivity index (χ0) is 24.9. The second kappa shape index (κ2) is 10.9. The van der Waals surface area contributed by atoms with Gasteiger partial charge in [-0.05, 0) is 29.2 Å². The summed E-state index contributed by atoms with van der Waals surface area (Å²) in [6.45, 7) is 2.25. The molecule has 1 unspecified atom stereocenters. The van der Waals surface area contributed by atoms with Crippen LogP contribution in [0.4, 0.5) is 4.79 Å². The first-order valence-corrected chi connectivity index (χ1v) is 11.8. The largest absolute Gasteiger partial charge is 0.480 e. The lowest BCUT2D eigenvalue weighted by Gasteiger charge is -2.24. The molecule has 3 atom stereocenters. The number of likely N-dealkylation sites (tertiary alicyclic amines) is 1. The first-order valence-electron chi connectivity index (χ1n) is 11.8. The van der Waals surface area contributed by atoms with Crippen molar-refractivity contribution in [3.8, 4) is 11.1 Å². The molecule has 1 saturated heterocycles. The van der Waals surface area contributed by atoms with Gasteiger partial charge in [-0.25, -0.2) is 9.59 Å². The number of aliphatic hydroxyl groups excluding tert-OH is 1. The van der Waals surface area contributed by atoms with Gasteiger partial charge in [0.2, 0.25) is 5.91 Å². The van der Waals surface area contributed by atoms with Gasteiger partial charge >= 0.3 is 12.1 Å². The molecule has 0 radical (unpaired) electrons. The number of carbonyl (C=O) groups excluding carboxylic acids is 2. The highest BCUT2D eigenvalue weighted by Gasteiger charge is 2.39. The number of aliphatic carboxylic acids is 1. The minimum absolute atomic E-state index is 0.00161. The van der Waals surface area contributed by atoms with Crippen molar-refractivity contribution in [2.45, 2.75) is 43.9 Å². The molecule has 35 heavy (non-hydrogen) atoms. The Morgan fingerprint density at radius 3 is 2.31 bits per heavy atom. The number of nitrogens with zero attached hydrogens (tertiary/aromatic N) is 1. The van der Waals surface area contributed by atoms with Crippen LogP contribution in [0.3, 0.4) is 0 Å². The number of carboxylic acids is 1. The molecule has 1 fully saturated rings. The van der Waals surface area contributed by atoms with E-state index in [0.29, 0.717) is 6.61 Å². The van der Waals surface area contributed by atoms with Gasteiger partial charge in [0, 0.05) is 32.0 Å². The van der Waals surface area contributed by atoms with Crippen molar-refractivity contribution >= 4 is 18.0 Å². The monoisotopic (exact) mass is 482 g/mol. The summed E-state index contributed by atoms with van der Waals surface area (Å²) in [6, 6.07) is 15.1. The van der Waals surface area contributed by atoms with Crippen molar-refractivity contribution in [3.63, 3.8) is 0 Å². The van der Waals surface area contributed by atoms with Crippen LogP contribution in [-0.2, 0) is 19.1 Å². The van der Waals surface area contributed by atoms with Crippen LogP contribution in [0.1, 0.15) is 36.8 Å². The number of carbonyl (C=O) groups is 3. The molecule has 2 amide bonds. The lowest BCUT2D eigenvalue weighted by Crippen LogP contribution is -2.44. The number of β-amino-alcohol motifs (C(OH)–C–C–N with tert-alkyl or cyclic N) is 1. The summed E-state index contributed by atoms with van der Waals surface area (Å²) in [7, 11) is 0. The summed E-state index contributed by atoms with van der Waals surface area (Å²) >= 11 is 0. The molecule has 1 heterocycles. The van der Waals surface area contributed by atoms with Crippen LogP contribution >= 0.6 is 0 Å². The average molecular weight is 483 g/mol. The number of benzene rings is 2. The molecule has 1 aliphatic heterocycles. The van der Waals surface area contributed by atoms with Crippen LogP contribution in [0.2, 0.25) is 0 Å². The molecule has 0 saturated carbocycles. The van der Waals surface area contributed by atoms with E-state index in [4.69, 9.17) is 9.47 Å². The first-order chi connectivity index (χ1) is 16.9. The molecule has 4 rings (SSSR count). The van der Waals surface area contributed by atoms with Crippen molar-refractivity contribution in [1.29, 1.82) is 0 Å². The van der Waals surface area contributed by atoms with Gasteiger partial charge in [-0.2, -0.15) is 0 Å². The summed E-state index contributed by atoms with van der Waals surface area (Å²) in [5.41, 5.74) is 4.50. The number of fused-ring (bicyclic) bond motifs is 3. The van der Waals surface area contributed by atoms with Gasteiger partial charge in [-0.1, -0.05) is 48.5 Å². The smallest absolute Gasteiger partial charge is 0.407 e. The molecule has 9 heteroatoms. The fourth-order valence-corrected chi connectivity index (χ4v) is 4.91. The molecule has 9 nitrogen and oxygen atoms in total. The summed E-state index contributed by atoms with van der Waals surface area (Å²) in [5.74, 6) is -1.66. The molecule has 0 spiro atoms. The van der Waals surface area contributed by atoms with E-state index < -0.39 is 36.2 Å². The van der Waals surface area contributed by atoms with Gasteiger partial charge in [0.15, 0.2) is 0 Å². The third-order valence-corrected chi connectivity index (χ3v) is 6.51. The Bertz CT molecular complexity index is 1040. The number of hydrogen-bond donors (Lipinski definition) is 3. The highest BCUT2D eigenvalue weighted by atomic mass is 16.5. The maximum atomic E-state index is 12.7. The van der Waals surface area contributed by atoms with E-state index in [1.54, 1.807) is 6.92 Å². The predicted octanol–water partition coefficient (Wildman–Crippen LogP) is 2.37. The maximum Gasteiger partial charge on any atom is 0.407 e. The molecule has 186 valence electrons. The Balaban J connectivity index is 1.32. The second-order valence-corrected chi connectivity index (χ2v) is 8.78. The molecule has 2 aliphatic rings. The van der Waals surface area contributed by atoms with Gasteiger partial charge in [-0.3, -0.25) is 4.79 Å². The predicted molar refractivity (Wildman–Crippen MR) is 127 cm³/mol. The van der Waals surface area contributed by atoms with Crippen LogP contribution in [0.15, 0.2) is 48.5 Å². The van der Waals surface area contributed by atoms with Gasteiger partial charge in [-0.15, -0.1) is 0 Å². The first kappa shape index (κ1) is 24.7. The van der Waals surface area contributed by atoms with E-state index in [-0.39, 0.29) is 38.5 Å². The molecule has 0 bridgehead atoms. The Hall–Kier alpha value is -3.43. The van der Waals surface area contributed by atoms with Crippen LogP contribution in [0.25, 0.3) is 11.1 Å². The molecule has 2 aromatic carbocycles. The normalized spacial score (nSPS) is 19.7. The Kier molecular flexibility index (Phi) is 7.67. The van der Waals surface area contributed by atoms with Gasteiger partial charge < -0.3 is 29.9 Å². The molecular formula is C26H30N2O7. The Morgan fingerprint density at radius 1 is 1.09 bits per heavy atom. The number of hydrogen-bond acceptors (Lipinski definition) is 6. The van der Waals surface area contributed by atoms with Gasteiger partial charge in [0.25, 0.3) is 0 Å². The SMILES string of the molecule is CCOC(CNC(=O)OCC1c2ccccc2-c2ccccc21)CC(=O)N1C[C@@H](O)C[C@H]1C(=O)O. The highest BCUT2D eigenvalue weighted by Crippen LogP contribution is 2.44. The van der Waals surface area contributed by atoms with Crippen molar-refractivity contribution in [2.24, 2.45) is 0 Å². The maximum absolute atomic E-state index is 12.7. The van der Waals surface area contributed by atoms with E-state index >= 15 is 0 Å². The topological polar surface area (TPSA) is 125 Å². The molecule has 2 aromatic rings. The van der Waals surface area contributed by atoms with E-state index in [2.05, 4.69) is 17.4 Å². The van der Waals surface area contributed by atoms with Gasteiger partial charge in [0.05, 0.1) is 18.6 Å². The lowest BCUT2D eigenvalue weighted by molar-refractivity contribution is -0.149. The number of alkyl carbamates (subject to hydrolysis) is 1. The summed E-state index contributed by atoms with van der Waals surface area (Å²) < 4.78 is 11.1. The van der Waals surface area contributed by atoms with E-state index in [1.165, 1.54) is 0 Å². The third kappa shape index (κ3) is 5.47. The average Bonchev–Trinajstić information content (AvgIpc) is 3.40. The molecule has 1 aliphatic carbocycles. The lowest BCUT2D eigenvalue weighted by atomic mass is 9.98. The standard InChI is InChI=1S/C26H30N2O7/c1-2-34-17(12-24(30)28-14-16(29)11-23(28)25(31)32)13-27-26(33)35-15-22-20-9-5-3-7-18(20)19-8-4-6-10-21(19)22/h3-10,16-17,22-23,29H,2,11-15H2,1H3,(H,27,33)(H,31,32)/t16-,17?,23-/m0/s1. The second-order valence-electron chi connectivity index (χ2n) is 8.78. The van der Waals surface area contributed by atoms with Crippen LogP contribution < -0.4 is 5.32 Å². The minimum Gasteiger partial charge on any atom is -0.480 e. The number of ether oxygens (including phenoxy) is 2. The Labute approximate surface area is 203 Å². The summed E-state index contributed by atoms with van der Waals surface area (Å²) in [6.07, 6.45) is -2.26. The quantitative estimate of drug-likeness (QED) is 0.501. The van der Waals surface area contributed by atoms with Crippen molar-refractivity contribution in [2.75, 3.05) is 26.3 Å². The van der Waals surface area contributed by atoms with Gasteiger partial charge in [0.1, 0.15) is 12.6 Å². The molecular weight excluding hydrogens is 452 g/mol. The Morgan fingerprint density at radius 2 is 1.71 bits per heavy atom. The van der Waals surface area contributed by atoms with Crippen molar-refractivity contribution in [3.05, 3.63) is 59.7 Å². The van der Waals surface area contributed by atoms with E-state index in [9.17, 15) is 24.6 Å². The number of carboxylic acid groups (broad SMARTS) is 1. The zero-order valence-electron chi connectivity index (χ0n) is 19.6. The summed E-state index contributed by atoms with van der Waals surface area (Å²) in [4.78, 5) is 37.7. The van der Waals surface area contributed by atoms with Crippen molar-refractivity contribution < 1.29 is 34.1 Å². The van der Waals surface area contributed by atoms with Crippen LogP contribution in [0, 0.1) is 0 Å². The molecule has 0 aromatic heterocycles. The van der Waals surface area contributed by atoms with E-state index in [1.807, 2.05) is 36.4 Å². The van der Waals surface area contributed by atoms with Crippen molar-refractivity contribution in [1.82, 2.24) is 10.2 Å². The third-order valence-electron chi connectivity index (χ3n) is 6.51. The fraction of sp³-hybridized carbons (Fsp3) is 0.423. The number of aliphatic hydroxyl groups is 1. The zero-order valence-corrected chi connectivity index (χ0v) is 19.6. The fourth-order valence-electron chi connectivity index (χ4n) is 4.91. The van der Waals surface area contributed by atoms with Crippen LogP contribution in [-0.4, -0.2) is 77.6 Å². The summed E-state index contributed by atoms with van der Waals surface area (Å²) in [5, 5.41) is 21.8. The number of nitrogens with one attached hydrogen (secondary N) is 1. The molecule has 3 N–H and O–H groups in total. The highest BCUT2D eigenvalue weighted by molar-refractivity contribution is 5.85. The van der Waals surface area contributed by atoms with Crippen LogP contribution in [0.5, 0.6) is 0 Å².